The van der Waals surface area contributed by atoms with E-state index in [-0.39, 0.29) is 41.4 Å². The molecule has 0 spiro atoms. The molecule has 2 saturated heterocycles. The number of piperazine rings is 1. The number of unbranched alkanes of at least 4 members (excludes halogenated alkanes) is 1. The van der Waals surface area contributed by atoms with E-state index in [2.05, 4.69) is 20.9 Å². The molecule has 2 aliphatic rings. The van der Waals surface area contributed by atoms with E-state index in [4.69, 9.17) is 0 Å². The number of carbonyl (C=O) groups is 2. The van der Waals surface area contributed by atoms with E-state index in [1.165, 1.54) is 4.90 Å². The van der Waals surface area contributed by atoms with Crippen molar-refractivity contribution >= 4 is 53.5 Å². The summed E-state index contributed by atoms with van der Waals surface area (Å²) in [5.74, 6) is 1.33. The Balaban J connectivity index is 0.00000208. The number of hydrogen-bond donors (Lipinski definition) is 0. The lowest BCUT2D eigenvalue weighted by molar-refractivity contribution is -0.124. The van der Waals surface area contributed by atoms with Gasteiger partial charge in [0.25, 0.3) is 5.24 Å². The summed E-state index contributed by atoms with van der Waals surface area (Å²) in [6, 6.07) is 6.01. The van der Waals surface area contributed by atoms with Gasteiger partial charge >= 0.3 is 0 Å². The first-order chi connectivity index (χ1) is 11.2. The standard InChI is InChI=1S/C16H22N4O2S.2ClH.H2O/c21-15-13-23-16(22)20(15)8-4-3-7-18-9-11-19(12-10-18)14-5-1-2-6-17-14;;;/h1-2,5-6H,3-4,7-13H2;2*1H;1H2. The number of carbonyl (C=O) groups excluding carboxylic acids is 2. The molecule has 0 aromatic carbocycles. The first-order valence-corrected chi connectivity index (χ1v) is 9.08. The van der Waals surface area contributed by atoms with Crippen LogP contribution in [0.15, 0.2) is 24.4 Å². The van der Waals surface area contributed by atoms with E-state index in [0.29, 0.717) is 12.3 Å². The van der Waals surface area contributed by atoms with Gasteiger partial charge in [-0.05, 0) is 31.5 Å². The van der Waals surface area contributed by atoms with E-state index in [1.807, 2.05) is 18.3 Å². The molecule has 2 fully saturated rings. The Morgan fingerprint density at radius 1 is 1.00 bits per heavy atom. The van der Waals surface area contributed by atoms with Crippen molar-refractivity contribution < 1.29 is 15.1 Å². The van der Waals surface area contributed by atoms with Gasteiger partial charge in [-0.25, -0.2) is 4.98 Å². The van der Waals surface area contributed by atoms with Crippen molar-refractivity contribution in [2.75, 3.05) is 49.9 Å². The Labute approximate surface area is 170 Å². The Kier molecular flexibility index (Phi) is 11.8. The van der Waals surface area contributed by atoms with Crippen LogP contribution in [0.5, 0.6) is 0 Å². The molecule has 3 rings (SSSR count). The predicted octanol–water partition coefficient (Wildman–Crippen LogP) is 1.70. The number of nitrogens with zero attached hydrogens (tertiary/aromatic N) is 4. The number of amides is 2. The topological polar surface area (TPSA) is 88.2 Å². The van der Waals surface area contributed by atoms with Gasteiger partial charge in [0.05, 0.1) is 5.75 Å². The van der Waals surface area contributed by atoms with E-state index in [0.717, 1.165) is 63.1 Å². The lowest BCUT2D eigenvalue weighted by Gasteiger charge is -2.35. The van der Waals surface area contributed by atoms with Gasteiger partial charge in [-0.2, -0.15) is 0 Å². The molecule has 2 amide bonds. The first kappa shape index (κ1) is 24.9. The van der Waals surface area contributed by atoms with E-state index >= 15 is 0 Å². The number of aromatic nitrogens is 1. The fourth-order valence-corrected chi connectivity index (χ4v) is 3.70. The third kappa shape index (κ3) is 6.59. The average Bonchev–Trinajstić information content (AvgIpc) is 2.92. The monoisotopic (exact) mass is 424 g/mol. The second-order valence-electron chi connectivity index (χ2n) is 5.82. The zero-order valence-electron chi connectivity index (χ0n) is 14.5. The van der Waals surface area contributed by atoms with Gasteiger partial charge in [0, 0.05) is 38.9 Å². The van der Waals surface area contributed by atoms with Crippen LogP contribution in [0.1, 0.15) is 12.8 Å². The van der Waals surface area contributed by atoms with Crippen LogP contribution in [0.25, 0.3) is 0 Å². The molecule has 0 bridgehead atoms. The molecule has 0 aliphatic carbocycles. The van der Waals surface area contributed by atoms with Gasteiger partial charge < -0.3 is 10.4 Å². The first-order valence-electron chi connectivity index (χ1n) is 8.09. The highest BCUT2D eigenvalue weighted by Gasteiger charge is 2.29. The number of halogens is 2. The Morgan fingerprint density at radius 3 is 2.27 bits per heavy atom. The third-order valence-electron chi connectivity index (χ3n) is 4.29. The molecular formula is C16H26Cl2N4O3S. The highest BCUT2D eigenvalue weighted by molar-refractivity contribution is 8.14. The van der Waals surface area contributed by atoms with Gasteiger partial charge in [0.2, 0.25) is 5.91 Å². The molecule has 7 nitrogen and oxygen atoms in total. The fraction of sp³-hybridized carbons (Fsp3) is 0.562. The average molecular weight is 425 g/mol. The number of anilines is 1. The fourth-order valence-electron chi connectivity index (χ4n) is 2.94. The summed E-state index contributed by atoms with van der Waals surface area (Å²) in [7, 11) is 0. The lowest BCUT2D eigenvalue weighted by atomic mass is 10.2. The normalized spacial score (nSPS) is 17.4. The number of pyridine rings is 1. The summed E-state index contributed by atoms with van der Waals surface area (Å²) < 4.78 is 0. The minimum atomic E-state index is -0.0843. The lowest BCUT2D eigenvalue weighted by Crippen LogP contribution is -2.47. The van der Waals surface area contributed by atoms with Crippen LogP contribution in [0.3, 0.4) is 0 Å². The van der Waals surface area contributed by atoms with Gasteiger partial charge in [-0.1, -0.05) is 17.8 Å². The Hall–Kier alpha value is -1.06. The van der Waals surface area contributed by atoms with Crippen molar-refractivity contribution in [3.63, 3.8) is 0 Å². The van der Waals surface area contributed by atoms with E-state index in [1.54, 1.807) is 0 Å². The van der Waals surface area contributed by atoms with Crippen LogP contribution in [-0.2, 0) is 4.79 Å². The van der Waals surface area contributed by atoms with Gasteiger partial charge in [0.1, 0.15) is 5.82 Å². The maximum absolute atomic E-state index is 11.5. The van der Waals surface area contributed by atoms with E-state index in [9.17, 15) is 9.59 Å². The molecule has 26 heavy (non-hydrogen) atoms. The number of imide groups is 1. The third-order valence-corrected chi connectivity index (χ3v) is 5.15. The molecular weight excluding hydrogens is 399 g/mol. The zero-order valence-corrected chi connectivity index (χ0v) is 17.0. The molecule has 10 heteroatoms. The van der Waals surface area contributed by atoms with E-state index < -0.39 is 0 Å². The molecule has 1 aromatic heterocycles. The molecule has 1 aromatic rings. The number of thioether (sulfide) groups is 1. The van der Waals surface area contributed by atoms with Crippen molar-refractivity contribution in [3.05, 3.63) is 24.4 Å². The second-order valence-corrected chi connectivity index (χ2v) is 6.75. The second kappa shape index (κ2) is 12.3. The van der Waals surface area contributed by atoms with Crippen molar-refractivity contribution in [2.45, 2.75) is 12.8 Å². The highest BCUT2D eigenvalue weighted by atomic mass is 35.5. The summed E-state index contributed by atoms with van der Waals surface area (Å²) >= 11 is 1.11. The Bertz CT molecular complexity index is 544. The largest absolute Gasteiger partial charge is 0.412 e. The number of hydrogen-bond acceptors (Lipinski definition) is 6. The van der Waals surface area contributed by atoms with Crippen LogP contribution in [0.2, 0.25) is 0 Å². The molecule has 0 unspecified atom stereocenters. The summed E-state index contributed by atoms with van der Waals surface area (Å²) in [5, 5.41) is -0.0843. The van der Waals surface area contributed by atoms with Crippen molar-refractivity contribution in [2.24, 2.45) is 0 Å². The summed E-state index contributed by atoms with van der Waals surface area (Å²) in [6.07, 6.45) is 3.74. The zero-order chi connectivity index (χ0) is 16.1. The SMILES string of the molecule is Cl.Cl.O.O=C1CSC(=O)N1CCCCN1CCN(c2ccccn2)CC1. The van der Waals surface area contributed by atoms with Gasteiger partial charge in [0.15, 0.2) is 0 Å². The summed E-state index contributed by atoms with van der Waals surface area (Å²) in [5.41, 5.74) is 0. The van der Waals surface area contributed by atoms with Crippen molar-refractivity contribution in [3.8, 4) is 0 Å². The molecule has 2 aliphatic heterocycles. The minimum Gasteiger partial charge on any atom is -0.412 e. The van der Waals surface area contributed by atoms with Crippen LogP contribution in [0.4, 0.5) is 10.6 Å². The Morgan fingerprint density at radius 2 is 1.69 bits per heavy atom. The molecule has 3 heterocycles. The van der Waals surface area contributed by atoms with Crippen LogP contribution >= 0.6 is 36.6 Å². The highest BCUT2D eigenvalue weighted by Crippen LogP contribution is 2.19. The molecule has 0 atom stereocenters. The van der Waals surface area contributed by atoms with Crippen molar-refractivity contribution in [1.29, 1.82) is 0 Å². The maximum Gasteiger partial charge on any atom is 0.288 e. The quantitative estimate of drug-likeness (QED) is 0.645. The molecule has 148 valence electrons. The molecule has 0 saturated carbocycles. The van der Waals surface area contributed by atoms with Crippen LogP contribution < -0.4 is 4.90 Å². The van der Waals surface area contributed by atoms with Crippen molar-refractivity contribution in [1.82, 2.24) is 14.8 Å². The van der Waals surface area contributed by atoms with Gasteiger partial charge in [-0.3, -0.25) is 19.4 Å². The molecule has 0 radical (unpaired) electrons. The van der Waals surface area contributed by atoms with Crippen LogP contribution in [0, 0.1) is 0 Å². The molecule has 2 N–H and O–H groups in total. The smallest absolute Gasteiger partial charge is 0.288 e. The van der Waals surface area contributed by atoms with Gasteiger partial charge in [-0.15, -0.1) is 24.8 Å². The number of rotatable bonds is 6. The van der Waals surface area contributed by atoms with Crippen LogP contribution in [-0.4, -0.2) is 76.4 Å². The minimum absolute atomic E-state index is 0. The summed E-state index contributed by atoms with van der Waals surface area (Å²) in [6.45, 7) is 5.66. The maximum atomic E-state index is 11.5. The summed E-state index contributed by atoms with van der Waals surface area (Å²) in [4.78, 5) is 33.6. The predicted molar refractivity (Wildman–Crippen MR) is 110 cm³/mol.